The lowest BCUT2D eigenvalue weighted by Crippen LogP contribution is -2.21. The van der Waals surface area contributed by atoms with Crippen molar-refractivity contribution in [1.82, 2.24) is 9.71 Å². The second kappa shape index (κ2) is 10.2. The van der Waals surface area contributed by atoms with Gasteiger partial charge in [-0.15, -0.1) is 11.3 Å². The van der Waals surface area contributed by atoms with Crippen LogP contribution in [0, 0.1) is 26.7 Å². The number of thiazole rings is 1. The molecule has 0 radical (unpaired) electrons. The first kappa shape index (κ1) is 24.3. The molecule has 6 nitrogen and oxygen atoms in total. The standard InChI is InChI=1S/C26H29N3O3S2/c1-16-9-11-29(15-16)21-7-5-6-20(13-21)25-28-24(19(4)33-25)8-10-27-34(32)22-12-17(2)18(3)23(14-22)26(30)31/h5-7,9,11-14,16,27H,8,10,15H2,1-4H3,(H,30,31). The van der Waals surface area contributed by atoms with E-state index in [9.17, 15) is 14.1 Å². The van der Waals surface area contributed by atoms with Crippen LogP contribution < -0.4 is 9.62 Å². The zero-order valence-electron chi connectivity index (χ0n) is 19.8. The van der Waals surface area contributed by atoms with E-state index in [2.05, 4.69) is 60.0 Å². The Balaban J connectivity index is 1.42. The Bertz CT molecular complexity index is 1280. The highest BCUT2D eigenvalue weighted by atomic mass is 32.2. The first-order chi connectivity index (χ1) is 16.2. The number of anilines is 1. The van der Waals surface area contributed by atoms with Gasteiger partial charge in [-0.1, -0.05) is 25.1 Å². The van der Waals surface area contributed by atoms with E-state index in [1.54, 1.807) is 24.3 Å². The van der Waals surface area contributed by atoms with Crippen LogP contribution in [0.25, 0.3) is 10.6 Å². The molecule has 0 fully saturated rings. The highest BCUT2D eigenvalue weighted by molar-refractivity contribution is 7.83. The summed E-state index contributed by atoms with van der Waals surface area (Å²) < 4.78 is 15.8. The smallest absolute Gasteiger partial charge is 0.336 e. The van der Waals surface area contributed by atoms with Gasteiger partial charge in [-0.3, -0.25) is 0 Å². The Labute approximate surface area is 206 Å². The SMILES string of the molecule is Cc1cc(S(=O)NCCc2nc(-c3cccc(N4C=CC(C)C4)c3)sc2C)cc(C(=O)O)c1C. The molecule has 0 spiro atoms. The third-order valence-electron chi connectivity index (χ3n) is 6.08. The van der Waals surface area contributed by atoms with Crippen molar-refractivity contribution >= 4 is 34.0 Å². The molecule has 34 heavy (non-hydrogen) atoms. The zero-order chi connectivity index (χ0) is 24.4. The second-order valence-corrected chi connectivity index (χ2v) is 11.2. The second-order valence-electron chi connectivity index (χ2n) is 8.67. The molecule has 2 unspecified atom stereocenters. The van der Waals surface area contributed by atoms with E-state index in [-0.39, 0.29) is 5.56 Å². The minimum absolute atomic E-state index is 0.186. The maximum absolute atomic E-state index is 12.8. The summed E-state index contributed by atoms with van der Waals surface area (Å²) in [6.07, 6.45) is 5.00. The number of rotatable bonds is 8. The Morgan fingerprint density at radius 3 is 2.76 bits per heavy atom. The van der Waals surface area contributed by atoms with Crippen molar-refractivity contribution in [3.05, 3.63) is 75.9 Å². The topological polar surface area (TPSA) is 82.5 Å². The molecule has 2 N–H and O–H groups in total. The first-order valence-corrected chi connectivity index (χ1v) is 13.2. The van der Waals surface area contributed by atoms with E-state index in [1.807, 2.05) is 6.92 Å². The molecule has 0 amide bonds. The predicted octanol–water partition coefficient (Wildman–Crippen LogP) is 5.26. The first-order valence-electron chi connectivity index (χ1n) is 11.2. The minimum Gasteiger partial charge on any atom is -0.478 e. The van der Waals surface area contributed by atoms with Crippen molar-refractivity contribution < 1.29 is 14.1 Å². The summed E-state index contributed by atoms with van der Waals surface area (Å²) >= 11 is 1.67. The molecule has 0 bridgehead atoms. The van der Waals surface area contributed by atoms with Gasteiger partial charge >= 0.3 is 5.97 Å². The van der Waals surface area contributed by atoms with Crippen LogP contribution in [0.4, 0.5) is 5.69 Å². The predicted molar refractivity (Wildman–Crippen MR) is 139 cm³/mol. The quantitative estimate of drug-likeness (QED) is 0.446. The van der Waals surface area contributed by atoms with Crippen LogP contribution in [-0.2, 0) is 17.4 Å². The van der Waals surface area contributed by atoms with Gasteiger partial charge < -0.3 is 10.0 Å². The van der Waals surface area contributed by atoms with Gasteiger partial charge in [0.1, 0.15) is 16.0 Å². The molecule has 1 aliphatic rings. The summed E-state index contributed by atoms with van der Waals surface area (Å²) in [5.41, 5.74) is 4.93. The largest absolute Gasteiger partial charge is 0.478 e. The van der Waals surface area contributed by atoms with Crippen molar-refractivity contribution in [3.8, 4) is 10.6 Å². The summed E-state index contributed by atoms with van der Waals surface area (Å²) in [5, 5.41) is 10.4. The summed E-state index contributed by atoms with van der Waals surface area (Å²) in [4.78, 5) is 20.2. The molecule has 4 rings (SSSR count). The number of carboxylic acids is 1. The lowest BCUT2D eigenvalue weighted by atomic mass is 10.0. The Morgan fingerprint density at radius 2 is 2.06 bits per heavy atom. The van der Waals surface area contributed by atoms with Crippen LogP contribution in [0.2, 0.25) is 0 Å². The fourth-order valence-corrected chi connectivity index (χ4v) is 5.90. The van der Waals surface area contributed by atoms with Gasteiger partial charge in [0.15, 0.2) is 0 Å². The lowest BCUT2D eigenvalue weighted by Gasteiger charge is -2.17. The molecule has 2 heterocycles. The van der Waals surface area contributed by atoms with E-state index in [0.29, 0.717) is 29.3 Å². The number of hydrogen-bond donors (Lipinski definition) is 2. The van der Waals surface area contributed by atoms with Gasteiger partial charge in [0.05, 0.1) is 16.2 Å². The number of aromatic nitrogens is 1. The lowest BCUT2D eigenvalue weighted by molar-refractivity contribution is 0.0695. The van der Waals surface area contributed by atoms with Crippen LogP contribution in [0.3, 0.4) is 0 Å². The molecule has 0 saturated heterocycles. The number of aryl methyl sites for hydroxylation is 2. The zero-order valence-corrected chi connectivity index (χ0v) is 21.4. The Kier molecular flexibility index (Phi) is 7.30. The van der Waals surface area contributed by atoms with Gasteiger partial charge in [-0.05, 0) is 62.1 Å². The molecule has 2 aromatic carbocycles. The molecule has 0 aliphatic carbocycles. The molecule has 1 aromatic heterocycles. The number of nitrogens with zero attached hydrogens (tertiary/aromatic N) is 2. The molecule has 3 aromatic rings. The average Bonchev–Trinajstić information content (AvgIpc) is 3.41. The van der Waals surface area contributed by atoms with Crippen LogP contribution in [0.1, 0.15) is 39.0 Å². The van der Waals surface area contributed by atoms with Gasteiger partial charge in [-0.2, -0.15) is 0 Å². The van der Waals surface area contributed by atoms with Crippen molar-refractivity contribution in [1.29, 1.82) is 0 Å². The highest BCUT2D eigenvalue weighted by Crippen LogP contribution is 2.31. The minimum atomic E-state index is -1.50. The number of carboxylic acid groups (broad SMARTS) is 1. The van der Waals surface area contributed by atoms with E-state index in [1.165, 1.54) is 11.8 Å². The molecule has 0 saturated carbocycles. The Morgan fingerprint density at radius 1 is 1.26 bits per heavy atom. The summed E-state index contributed by atoms with van der Waals surface area (Å²) in [6, 6.07) is 11.7. The summed E-state index contributed by atoms with van der Waals surface area (Å²) in [7, 11) is -1.50. The van der Waals surface area contributed by atoms with Crippen molar-refractivity contribution in [2.75, 3.05) is 18.0 Å². The van der Waals surface area contributed by atoms with Crippen LogP contribution in [-0.4, -0.2) is 33.4 Å². The highest BCUT2D eigenvalue weighted by Gasteiger charge is 2.17. The molecule has 178 valence electrons. The number of benzene rings is 2. The third-order valence-corrected chi connectivity index (χ3v) is 8.27. The maximum atomic E-state index is 12.8. The van der Waals surface area contributed by atoms with Crippen LogP contribution in [0.15, 0.2) is 53.6 Å². The van der Waals surface area contributed by atoms with E-state index >= 15 is 0 Å². The Hall–Kier alpha value is -2.81. The summed E-state index contributed by atoms with van der Waals surface area (Å²) in [6.45, 7) is 9.33. The van der Waals surface area contributed by atoms with Crippen molar-refractivity contribution in [3.63, 3.8) is 0 Å². The van der Waals surface area contributed by atoms with Crippen molar-refractivity contribution in [2.24, 2.45) is 5.92 Å². The van der Waals surface area contributed by atoms with Crippen molar-refractivity contribution in [2.45, 2.75) is 39.0 Å². The number of nitrogens with one attached hydrogen (secondary N) is 1. The third kappa shape index (κ3) is 5.29. The normalized spacial score (nSPS) is 16.2. The van der Waals surface area contributed by atoms with E-state index in [0.717, 1.165) is 33.3 Å². The fourth-order valence-electron chi connectivity index (χ4n) is 3.98. The van der Waals surface area contributed by atoms with Crippen LogP contribution >= 0.6 is 11.3 Å². The van der Waals surface area contributed by atoms with Gasteiger partial charge in [0, 0.05) is 41.8 Å². The van der Waals surface area contributed by atoms with Gasteiger partial charge in [0.2, 0.25) is 0 Å². The van der Waals surface area contributed by atoms with E-state index < -0.39 is 17.0 Å². The van der Waals surface area contributed by atoms with Gasteiger partial charge in [0.25, 0.3) is 0 Å². The van der Waals surface area contributed by atoms with E-state index in [4.69, 9.17) is 4.98 Å². The number of aromatic carboxylic acids is 1. The molecule has 1 aliphatic heterocycles. The average molecular weight is 496 g/mol. The monoisotopic (exact) mass is 495 g/mol. The van der Waals surface area contributed by atoms with Crippen LogP contribution in [0.5, 0.6) is 0 Å². The number of carbonyl (C=O) groups is 1. The van der Waals surface area contributed by atoms with Gasteiger partial charge in [-0.25, -0.2) is 18.7 Å². The summed E-state index contributed by atoms with van der Waals surface area (Å²) in [5.74, 6) is -0.459. The fraction of sp³-hybridized carbons (Fsp3) is 0.308. The molecular formula is C26H29N3O3S2. The molecule has 8 heteroatoms. The number of hydrogen-bond acceptors (Lipinski definition) is 5. The maximum Gasteiger partial charge on any atom is 0.336 e. The molecular weight excluding hydrogens is 466 g/mol. The molecule has 2 atom stereocenters.